The SMILES string of the molecule is Clc1cc(-c2cccc3c2oc2ccccc23)cc(Br)c1Cl. The predicted molar refractivity (Wildman–Crippen MR) is 96.9 cm³/mol. The van der Waals surface area contributed by atoms with Crippen molar-refractivity contribution in [2.75, 3.05) is 0 Å². The molecule has 0 bridgehead atoms. The molecule has 0 aliphatic carbocycles. The van der Waals surface area contributed by atoms with E-state index in [0.717, 1.165) is 37.5 Å². The van der Waals surface area contributed by atoms with Crippen molar-refractivity contribution >= 4 is 61.1 Å². The Bertz CT molecular complexity index is 997. The molecule has 4 heteroatoms. The lowest BCUT2D eigenvalue weighted by Gasteiger charge is -2.06. The van der Waals surface area contributed by atoms with Gasteiger partial charge in [0.15, 0.2) is 0 Å². The number of hydrogen-bond donors (Lipinski definition) is 0. The van der Waals surface area contributed by atoms with Gasteiger partial charge in [-0.2, -0.15) is 0 Å². The van der Waals surface area contributed by atoms with E-state index in [9.17, 15) is 0 Å². The Hall–Kier alpha value is -1.48. The van der Waals surface area contributed by atoms with Crippen LogP contribution in [0.4, 0.5) is 0 Å². The zero-order chi connectivity index (χ0) is 15.3. The molecule has 0 aliphatic heterocycles. The van der Waals surface area contributed by atoms with E-state index in [4.69, 9.17) is 27.6 Å². The van der Waals surface area contributed by atoms with Gasteiger partial charge in [-0.15, -0.1) is 0 Å². The molecule has 0 spiro atoms. The minimum absolute atomic E-state index is 0.513. The Morgan fingerprint density at radius 2 is 1.64 bits per heavy atom. The van der Waals surface area contributed by atoms with Crippen LogP contribution in [-0.2, 0) is 0 Å². The van der Waals surface area contributed by atoms with Crippen molar-refractivity contribution in [1.29, 1.82) is 0 Å². The molecule has 0 aliphatic rings. The van der Waals surface area contributed by atoms with Crippen LogP contribution in [0.5, 0.6) is 0 Å². The van der Waals surface area contributed by atoms with E-state index in [1.807, 2.05) is 42.5 Å². The molecule has 0 radical (unpaired) electrons. The molecular formula is C18H9BrCl2O. The van der Waals surface area contributed by atoms with Gasteiger partial charge in [-0.3, -0.25) is 0 Å². The standard InChI is InChI=1S/C18H9BrCl2O/c19-14-8-10(9-15(20)17(14)21)11-5-3-6-13-12-4-1-2-7-16(12)22-18(11)13/h1-9H. The van der Waals surface area contributed by atoms with Gasteiger partial charge in [-0.05, 0) is 39.7 Å². The van der Waals surface area contributed by atoms with Gasteiger partial charge in [0.25, 0.3) is 0 Å². The summed E-state index contributed by atoms with van der Waals surface area (Å²) in [7, 11) is 0. The number of furan rings is 1. The molecule has 0 atom stereocenters. The van der Waals surface area contributed by atoms with Gasteiger partial charge in [-0.25, -0.2) is 0 Å². The Labute approximate surface area is 145 Å². The molecular weight excluding hydrogens is 383 g/mol. The van der Waals surface area contributed by atoms with Gasteiger partial charge in [-0.1, -0.05) is 59.6 Å². The minimum Gasteiger partial charge on any atom is -0.455 e. The summed E-state index contributed by atoms with van der Waals surface area (Å²) in [6, 6.07) is 18.0. The van der Waals surface area contributed by atoms with Gasteiger partial charge < -0.3 is 4.42 Å². The summed E-state index contributed by atoms with van der Waals surface area (Å²) in [5.41, 5.74) is 3.69. The fourth-order valence-corrected chi connectivity index (χ4v) is 3.59. The van der Waals surface area contributed by atoms with Crippen LogP contribution < -0.4 is 0 Å². The normalized spacial score (nSPS) is 11.4. The molecule has 1 heterocycles. The molecule has 1 aromatic heterocycles. The fourth-order valence-electron chi connectivity index (χ4n) is 2.69. The van der Waals surface area contributed by atoms with Crippen molar-refractivity contribution in [3.63, 3.8) is 0 Å². The van der Waals surface area contributed by atoms with E-state index in [-0.39, 0.29) is 0 Å². The number of fused-ring (bicyclic) bond motifs is 3. The lowest BCUT2D eigenvalue weighted by atomic mass is 10.0. The third-order valence-electron chi connectivity index (χ3n) is 3.70. The zero-order valence-corrected chi connectivity index (χ0v) is 14.3. The first-order valence-electron chi connectivity index (χ1n) is 6.70. The van der Waals surface area contributed by atoms with E-state index in [2.05, 4.69) is 28.1 Å². The highest BCUT2D eigenvalue weighted by atomic mass is 79.9. The first kappa shape index (κ1) is 14.1. The third-order valence-corrected chi connectivity index (χ3v) is 5.35. The van der Waals surface area contributed by atoms with Crippen LogP contribution in [0.25, 0.3) is 33.1 Å². The first-order chi connectivity index (χ1) is 10.6. The van der Waals surface area contributed by atoms with Crippen molar-refractivity contribution in [2.45, 2.75) is 0 Å². The van der Waals surface area contributed by atoms with Gasteiger partial charge in [0.05, 0.1) is 10.0 Å². The van der Waals surface area contributed by atoms with Crippen LogP contribution in [0.1, 0.15) is 0 Å². The fraction of sp³-hybridized carbons (Fsp3) is 0. The highest BCUT2D eigenvalue weighted by Crippen LogP contribution is 2.39. The summed E-state index contributed by atoms with van der Waals surface area (Å²) in [4.78, 5) is 0. The van der Waals surface area contributed by atoms with E-state index in [0.29, 0.717) is 10.0 Å². The monoisotopic (exact) mass is 390 g/mol. The van der Waals surface area contributed by atoms with E-state index < -0.39 is 0 Å². The van der Waals surface area contributed by atoms with Crippen molar-refractivity contribution in [1.82, 2.24) is 0 Å². The van der Waals surface area contributed by atoms with Crippen LogP contribution in [0.2, 0.25) is 10.0 Å². The van der Waals surface area contributed by atoms with Crippen molar-refractivity contribution in [2.24, 2.45) is 0 Å². The Morgan fingerprint density at radius 3 is 2.45 bits per heavy atom. The molecule has 0 saturated carbocycles. The number of hydrogen-bond acceptors (Lipinski definition) is 1. The molecule has 4 rings (SSSR count). The number of para-hydroxylation sites is 2. The summed E-state index contributed by atoms with van der Waals surface area (Å²) in [6.45, 7) is 0. The largest absolute Gasteiger partial charge is 0.455 e. The Morgan fingerprint density at radius 1 is 0.864 bits per heavy atom. The van der Waals surface area contributed by atoms with Crippen molar-refractivity contribution in [3.8, 4) is 11.1 Å². The molecule has 3 aromatic carbocycles. The number of benzene rings is 3. The van der Waals surface area contributed by atoms with Crippen molar-refractivity contribution in [3.05, 3.63) is 69.1 Å². The zero-order valence-electron chi connectivity index (χ0n) is 11.2. The minimum atomic E-state index is 0.513. The van der Waals surface area contributed by atoms with Crippen LogP contribution in [0, 0.1) is 0 Å². The highest BCUT2D eigenvalue weighted by Gasteiger charge is 2.14. The Balaban J connectivity index is 2.07. The molecule has 4 aromatic rings. The Kier molecular flexibility index (Phi) is 3.41. The second-order valence-electron chi connectivity index (χ2n) is 5.03. The molecule has 22 heavy (non-hydrogen) atoms. The topological polar surface area (TPSA) is 13.1 Å². The van der Waals surface area contributed by atoms with Gasteiger partial charge in [0.2, 0.25) is 0 Å². The second-order valence-corrected chi connectivity index (χ2v) is 6.67. The number of halogens is 3. The maximum atomic E-state index is 6.21. The highest BCUT2D eigenvalue weighted by molar-refractivity contribution is 9.10. The van der Waals surface area contributed by atoms with Gasteiger partial charge in [0, 0.05) is 20.8 Å². The average molecular weight is 392 g/mol. The van der Waals surface area contributed by atoms with Crippen LogP contribution in [-0.4, -0.2) is 0 Å². The smallest absolute Gasteiger partial charge is 0.143 e. The van der Waals surface area contributed by atoms with E-state index >= 15 is 0 Å². The van der Waals surface area contributed by atoms with Gasteiger partial charge in [0.1, 0.15) is 11.2 Å². The lowest BCUT2D eigenvalue weighted by molar-refractivity contribution is 0.670. The molecule has 0 unspecified atom stereocenters. The quantitative estimate of drug-likeness (QED) is 0.309. The summed E-state index contributed by atoms with van der Waals surface area (Å²) in [6.07, 6.45) is 0. The molecule has 0 fully saturated rings. The van der Waals surface area contributed by atoms with Crippen LogP contribution >= 0.6 is 39.1 Å². The molecule has 0 N–H and O–H groups in total. The lowest BCUT2D eigenvalue weighted by Crippen LogP contribution is -1.81. The summed E-state index contributed by atoms with van der Waals surface area (Å²) in [5.74, 6) is 0. The van der Waals surface area contributed by atoms with Crippen molar-refractivity contribution < 1.29 is 4.42 Å². The maximum Gasteiger partial charge on any atom is 0.143 e. The predicted octanol–water partition coefficient (Wildman–Crippen LogP) is 7.32. The number of rotatable bonds is 1. The molecule has 108 valence electrons. The molecule has 1 nitrogen and oxygen atoms in total. The van der Waals surface area contributed by atoms with Crippen LogP contribution in [0.3, 0.4) is 0 Å². The summed E-state index contributed by atoms with van der Waals surface area (Å²) >= 11 is 15.8. The molecule has 0 saturated heterocycles. The first-order valence-corrected chi connectivity index (χ1v) is 8.25. The van der Waals surface area contributed by atoms with Crippen LogP contribution in [0.15, 0.2) is 63.5 Å². The maximum absolute atomic E-state index is 6.21. The van der Waals surface area contributed by atoms with E-state index in [1.54, 1.807) is 0 Å². The second kappa shape index (κ2) is 5.31. The van der Waals surface area contributed by atoms with Gasteiger partial charge >= 0.3 is 0 Å². The third kappa shape index (κ3) is 2.14. The summed E-state index contributed by atoms with van der Waals surface area (Å²) in [5, 5.41) is 3.23. The van der Waals surface area contributed by atoms with E-state index in [1.165, 1.54) is 0 Å². The summed E-state index contributed by atoms with van der Waals surface area (Å²) < 4.78 is 6.82. The molecule has 0 amide bonds. The average Bonchev–Trinajstić information content (AvgIpc) is 2.90.